The Bertz CT molecular complexity index is 1480. The summed E-state index contributed by atoms with van der Waals surface area (Å²) in [5, 5.41) is 2.73. The van der Waals surface area contributed by atoms with Gasteiger partial charge in [0.1, 0.15) is 0 Å². The number of rotatable bonds is 4. The Hall–Kier alpha value is -3.62. The molecule has 2 aliphatic rings. The second-order valence-corrected chi connectivity index (χ2v) is 11.6. The van der Waals surface area contributed by atoms with Crippen molar-refractivity contribution in [3.05, 3.63) is 94.5 Å². The van der Waals surface area contributed by atoms with Crippen LogP contribution in [-0.4, -0.2) is 43.3 Å². The van der Waals surface area contributed by atoms with Crippen molar-refractivity contribution in [2.75, 3.05) is 18.4 Å². The number of nitrogens with one attached hydrogen (secondary N) is 1. The molecule has 0 saturated carbocycles. The zero-order chi connectivity index (χ0) is 25.6. The third kappa shape index (κ3) is 4.16. The molecule has 1 fully saturated rings. The third-order valence-corrected chi connectivity index (χ3v) is 8.64. The number of ketones is 2. The van der Waals surface area contributed by atoms with E-state index in [-0.39, 0.29) is 50.7 Å². The molecule has 0 spiro atoms. The smallest absolute Gasteiger partial charge is 0.255 e. The Kier molecular flexibility index (Phi) is 6.10. The number of anilines is 1. The van der Waals surface area contributed by atoms with Gasteiger partial charge in [-0.15, -0.1) is 0 Å². The van der Waals surface area contributed by atoms with Crippen LogP contribution in [0.3, 0.4) is 0 Å². The lowest BCUT2D eigenvalue weighted by Gasteiger charge is -2.34. The summed E-state index contributed by atoms with van der Waals surface area (Å²) >= 11 is 0. The van der Waals surface area contributed by atoms with E-state index in [4.69, 9.17) is 0 Å². The summed E-state index contributed by atoms with van der Waals surface area (Å²) in [6.07, 6.45) is 0.994. The average Bonchev–Trinajstić information content (AvgIpc) is 2.86. The molecule has 5 rings (SSSR count). The molecule has 1 amide bonds. The quantitative estimate of drug-likeness (QED) is 0.446. The lowest BCUT2D eigenvalue weighted by atomic mass is 9.83. The van der Waals surface area contributed by atoms with Crippen molar-refractivity contribution in [3.8, 4) is 0 Å². The fourth-order valence-corrected chi connectivity index (χ4v) is 6.85. The Morgan fingerprint density at radius 2 is 1.39 bits per heavy atom. The van der Waals surface area contributed by atoms with Crippen LogP contribution in [0.4, 0.5) is 5.69 Å². The number of piperidine rings is 1. The van der Waals surface area contributed by atoms with Crippen molar-refractivity contribution < 1.29 is 22.8 Å². The average molecular weight is 503 g/mol. The molecule has 1 heterocycles. The molecule has 1 aliphatic heterocycles. The first-order valence-corrected chi connectivity index (χ1v) is 13.3. The molecule has 184 valence electrons. The Labute approximate surface area is 210 Å². The van der Waals surface area contributed by atoms with Gasteiger partial charge in [-0.05, 0) is 48.6 Å². The molecule has 0 radical (unpaired) electrons. The Balaban J connectivity index is 1.39. The van der Waals surface area contributed by atoms with Gasteiger partial charge in [-0.3, -0.25) is 14.4 Å². The maximum Gasteiger partial charge on any atom is 0.255 e. The van der Waals surface area contributed by atoms with Crippen LogP contribution in [0.1, 0.15) is 62.5 Å². The summed E-state index contributed by atoms with van der Waals surface area (Å²) < 4.78 is 27.8. The number of sulfonamides is 1. The number of hydrogen-bond acceptors (Lipinski definition) is 5. The predicted molar refractivity (Wildman–Crippen MR) is 136 cm³/mol. The van der Waals surface area contributed by atoms with E-state index in [1.807, 2.05) is 13.8 Å². The van der Waals surface area contributed by atoms with Gasteiger partial charge < -0.3 is 5.32 Å². The summed E-state index contributed by atoms with van der Waals surface area (Å²) in [5.41, 5.74) is 1.51. The topological polar surface area (TPSA) is 101 Å². The van der Waals surface area contributed by atoms with Gasteiger partial charge in [0.15, 0.2) is 11.6 Å². The first-order valence-electron chi connectivity index (χ1n) is 11.9. The molecule has 1 saturated heterocycles. The van der Waals surface area contributed by atoms with Crippen LogP contribution in [0.25, 0.3) is 0 Å². The van der Waals surface area contributed by atoms with Crippen molar-refractivity contribution in [1.29, 1.82) is 0 Å². The lowest BCUT2D eigenvalue weighted by molar-refractivity contribution is 0.0978. The second kappa shape index (κ2) is 9.11. The molecule has 0 unspecified atom stereocenters. The summed E-state index contributed by atoms with van der Waals surface area (Å²) in [7, 11) is -3.66. The van der Waals surface area contributed by atoms with E-state index in [2.05, 4.69) is 5.32 Å². The number of amides is 1. The first-order chi connectivity index (χ1) is 17.2. The van der Waals surface area contributed by atoms with Gasteiger partial charge in [-0.25, -0.2) is 8.42 Å². The van der Waals surface area contributed by atoms with Gasteiger partial charge in [0, 0.05) is 35.3 Å². The molecule has 1 N–H and O–H groups in total. The minimum Gasteiger partial charge on any atom is -0.321 e. The summed E-state index contributed by atoms with van der Waals surface area (Å²) in [6, 6.07) is 17.1. The van der Waals surface area contributed by atoms with Crippen LogP contribution in [0, 0.1) is 11.8 Å². The molecule has 2 atom stereocenters. The first kappa shape index (κ1) is 24.1. The SMILES string of the molecule is C[C@@H]1C[C@@H](C)CN(S(=O)(=O)c2ccc(C(=O)Nc3cccc4c3C(=O)c3ccccc3C4=O)cc2)C1. The maximum absolute atomic E-state index is 13.2. The van der Waals surface area contributed by atoms with Gasteiger partial charge in [-0.1, -0.05) is 50.2 Å². The molecule has 0 aromatic heterocycles. The van der Waals surface area contributed by atoms with Crippen LogP contribution in [0.2, 0.25) is 0 Å². The molecule has 3 aromatic rings. The minimum atomic E-state index is -3.66. The van der Waals surface area contributed by atoms with E-state index < -0.39 is 15.9 Å². The zero-order valence-electron chi connectivity index (χ0n) is 20.0. The van der Waals surface area contributed by atoms with Crippen LogP contribution in [0.5, 0.6) is 0 Å². The highest BCUT2D eigenvalue weighted by Gasteiger charge is 2.33. The van der Waals surface area contributed by atoms with Crippen molar-refractivity contribution in [2.24, 2.45) is 11.8 Å². The van der Waals surface area contributed by atoms with Gasteiger partial charge in [-0.2, -0.15) is 4.31 Å². The fourth-order valence-electron chi connectivity index (χ4n) is 5.17. The van der Waals surface area contributed by atoms with Gasteiger partial charge in [0.25, 0.3) is 5.91 Å². The van der Waals surface area contributed by atoms with Crippen molar-refractivity contribution >= 4 is 33.2 Å². The van der Waals surface area contributed by atoms with E-state index in [0.717, 1.165) is 6.42 Å². The number of nitrogens with zero attached hydrogens (tertiary/aromatic N) is 1. The highest BCUT2D eigenvalue weighted by Crippen LogP contribution is 2.32. The number of hydrogen-bond donors (Lipinski definition) is 1. The van der Waals surface area contributed by atoms with E-state index in [1.54, 1.807) is 42.5 Å². The molecule has 7 nitrogen and oxygen atoms in total. The Morgan fingerprint density at radius 3 is 2.03 bits per heavy atom. The Morgan fingerprint density at radius 1 is 0.806 bits per heavy atom. The highest BCUT2D eigenvalue weighted by molar-refractivity contribution is 7.89. The van der Waals surface area contributed by atoms with E-state index in [1.165, 1.54) is 28.6 Å². The van der Waals surface area contributed by atoms with Crippen LogP contribution in [-0.2, 0) is 10.0 Å². The van der Waals surface area contributed by atoms with Gasteiger partial charge >= 0.3 is 0 Å². The van der Waals surface area contributed by atoms with Crippen molar-refractivity contribution in [2.45, 2.75) is 25.2 Å². The number of carbonyl (C=O) groups excluding carboxylic acids is 3. The van der Waals surface area contributed by atoms with Crippen LogP contribution in [0.15, 0.2) is 71.6 Å². The standard InChI is InChI=1S/C28H26N2O5S/c1-17-14-18(2)16-30(15-17)36(34,35)20-12-10-19(11-13-20)28(33)29-24-9-5-8-23-25(24)27(32)22-7-4-3-6-21(22)26(23)31/h3-13,17-18H,14-16H2,1-2H3,(H,29,33)/t17-,18-/m1/s1. The summed E-state index contributed by atoms with van der Waals surface area (Å²) in [5.74, 6) is -0.541. The normalized spacial score (nSPS) is 19.9. The van der Waals surface area contributed by atoms with Crippen molar-refractivity contribution in [3.63, 3.8) is 0 Å². The number of fused-ring (bicyclic) bond motifs is 2. The number of benzene rings is 3. The minimum absolute atomic E-state index is 0.134. The van der Waals surface area contributed by atoms with Crippen LogP contribution >= 0.6 is 0 Å². The molecule has 36 heavy (non-hydrogen) atoms. The predicted octanol–water partition coefficient (Wildman–Crippen LogP) is 4.38. The molecule has 8 heteroatoms. The monoisotopic (exact) mass is 502 g/mol. The van der Waals surface area contributed by atoms with E-state index in [9.17, 15) is 22.8 Å². The third-order valence-electron chi connectivity index (χ3n) is 6.79. The van der Waals surface area contributed by atoms with Gasteiger partial charge in [0.2, 0.25) is 10.0 Å². The maximum atomic E-state index is 13.2. The molecular formula is C28H26N2O5S. The van der Waals surface area contributed by atoms with E-state index >= 15 is 0 Å². The molecular weight excluding hydrogens is 476 g/mol. The largest absolute Gasteiger partial charge is 0.321 e. The number of carbonyl (C=O) groups is 3. The molecule has 0 bridgehead atoms. The van der Waals surface area contributed by atoms with Crippen molar-refractivity contribution in [1.82, 2.24) is 4.31 Å². The van der Waals surface area contributed by atoms with E-state index in [0.29, 0.717) is 24.2 Å². The van der Waals surface area contributed by atoms with Gasteiger partial charge in [0.05, 0.1) is 16.1 Å². The summed E-state index contributed by atoms with van der Waals surface area (Å²) in [4.78, 5) is 39.3. The molecule has 3 aromatic carbocycles. The summed E-state index contributed by atoms with van der Waals surface area (Å²) in [6.45, 7) is 5.05. The lowest BCUT2D eigenvalue weighted by Crippen LogP contribution is -2.42. The fraction of sp³-hybridized carbons (Fsp3) is 0.250. The zero-order valence-corrected chi connectivity index (χ0v) is 20.8. The van der Waals surface area contributed by atoms with Crippen LogP contribution < -0.4 is 5.32 Å². The second-order valence-electron chi connectivity index (χ2n) is 9.68. The molecule has 1 aliphatic carbocycles. The highest BCUT2D eigenvalue weighted by atomic mass is 32.2.